The van der Waals surface area contributed by atoms with Crippen molar-refractivity contribution >= 4 is 29.1 Å². The lowest BCUT2D eigenvalue weighted by atomic mass is 9.93. The summed E-state index contributed by atoms with van der Waals surface area (Å²) in [5.74, 6) is 1.58. The predicted octanol–water partition coefficient (Wildman–Crippen LogP) is 5.93. The van der Waals surface area contributed by atoms with Crippen LogP contribution in [0.15, 0.2) is 112 Å². The summed E-state index contributed by atoms with van der Waals surface area (Å²) in [5.41, 5.74) is 3.52. The Bertz CT molecular complexity index is 2170. The molecule has 250 valence electrons. The molecule has 10 heteroatoms. The second-order valence-corrected chi connectivity index (χ2v) is 12.0. The number of esters is 1. The second kappa shape index (κ2) is 15.1. The van der Waals surface area contributed by atoms with Crippen LogP contribution in [0.5, 0.6) is 23.0 Å². The van der Waals surface area contributed by atoms with Crippen molar-refractivity contribution in [2.75, 3.05) is 27.4 Å². The van der Waals surface area contributed by atoms with Gasteiger partial charge in [-0.3, -0.25) is 9.36 Å². The smallest absolute Gasteiger partial charge is 0.338 e. The highest BCUT2D eigenvalue weighted by molar-refractivity contribution is 7.07. The topological polar surface area (TPSA) is 97.6 Å². The van der Waals surface area contributed by atoms with E-state index in [-0.39, 0.29) is 17.7 Å². The summed E-state index contributed by atoms with van der Waals surface area (Å²) >= 11 is 1.24. The van der Waals surface area contributed by atoms with Gasteiger partial charge in [0, 0.05) is 5.56 Å². The van der Waals surface area contributed by atoms with Gasteiger partial charge in [0.05, 0.1) is 49.3 Å². The fourth-order valence-electron chi connectivity index (χ4n) is 5.67. The molecule has 1 aliphatic rings. The van der Waals surface area contributed by atoms with Crippen molar-refractivity contribution in [2.24, 2.45) is 4.99 Å². The molecule has 0 saturated carbocycles. The third-order valence-corrected chi connectivity index (χ3v) is 8.88. The van der Waals surface area contributed by atoms with Gasteiger partial charge in [-0.15, -0.1) is 0 Å². The van der Waals surface area contributed by atoms with Crippen molar-refractivity contribution in [2.45, 2.75) is 26.5 Å². The number of carbonyl (C=O) groups is 1. The molecule has 0 unspecified atom stereocenters. The Morgan fingerprint density at radius 1 is 0.816 bits per heavy atom. The lowest BCUT2D eigenvalue weighted by Crippen LogP contribution is -2.40. The predicted molar refractivity (Wildman–Crippen MR) is 189 cm³/mol. The van der Waals surface area contributed by atoms with Gasteiger partial charge in [0.25, 0.3) is 5.56 Å². The van der Waals surface area contributed by atoms with Crippen LogP contribution in [-0.4, -0.2) is 38.0 Å². The first-order valence-corrected chi connectivity index (χ1v) is 16.7. The molecule has 1 aromatic heterocycles. The van der Waals surface area contributed by atoms with Gasteiger partial charge < -0.3 is 23.7 Å². The lowest BCUT2D eigenvalue weighted by molar-refractivity contribution is -0.138. The molecule has 0 N–H and O–H groups in total. The number of benzene rings is 4. The molecular weight excluding hydrogens is 641 g/mol. The van der Waals surface area contributed by atoms with Gasteiger partial charge in [0.2, 0.25) is 0 Å². The average Bonchev–Trinajstić information content (AvgIpc) is 3.45. The first-order chi connectivity index (χ1) is 23.9. The van der Waals surface area contributed by atoms with Crippen molar-refractivity contribution < 1.29 is 28.5 Å². The SMILES string of the molecule is CCOC(=O)C1=C(c2ccccc2)N=c2s/c(=C\c3ccc(OCc4ccccc4)c(OCC)c3)c(=O)n2[C@@H]1c1ccc(OC)c(OC)c1. The zero-order chi connectivity index (χ0) is 34.3. The fourth-order valence-corrected chi connectivity index (χ4v) is 6.67. The van der Waals surface area contributed by atoms with Gasteiger partial charge in [-0.05, 0) is 60.9 Å². The summed E-state index contributed by atoms with van der Waals surface area (Å²) in [5, 5.41) is 0. The van der Waals surface area contributed by atoms with Gasteiger partial charge in [-0.1, -0.05) is 84.1 Å². The van der Waals surface area contributed by atoms with Crippen LogP contribution in [0.2, 0.25) is 0 Å². The zero-order valence-electron chi connectivity index (χ0n) is 27.7. The molecular formula is C39H36N2O7S. The average molecular weight is 677 g/mol. The lowest BCUT2D eigenvalue weighted by Gasteiger charge is -2.26. The minimum atomic E-state index is -0.861. The van der Waals surface area contributed by atoms with Gasteiger partial charge in [0.1, 0.15) is 6.61 Å². The van der Waals surface area contributed by atoms with Crippen molar-refractivity contribution in [1.29, 1.82) is 0 Å². The largest absolute Gasteiger partial charge is 0.493 e. The Hall–Kier alpha value is -5.61. The molecule has 4 aromatic carbocycles. The number of aromatic nitrogens is 1. The number of carbonyl (C=O) groups excluding carboxylic acids is 1. The van der Waals surface area contributed by atoms with Crippen molar-refractivity contribution in [3.8, 4) is 23.0 Å². The van der Waals surface area contributed by atoms with E-state index in [4.69, 9.17) is 28.7 Å². The summed E-state index contributed by atoms with van der Waals surface area (Å²) in [6.07, 6.45) is 1.80. The van der Waals surface area contributed by atoms with Gasteiger partial charge in [-0.25, -0.2) is 9.79 Å². The van der Waals surface area contributed by atoms with Crippen LogP contribution in [0.4, 0.5) is 0 Å². The number of methoxy groups -OCH3 is 2. The molecule has 1 atom stereocenters. The summed E-state index contributed by atoms with van der Waals surface area (Å²) in [6.45, 7) is 4.64. The standard InChI is InChI=1S/C39H36N2O7S/c1-5-46-32-21-26(17-19-30(32)48-24-25-13-9-7-10-14-25)22-33-37(42)41-36(28-18-20-29(44-3)31(23-28)45-4)34(38(43)47-6-2)35(40-39(41)49-33)27-15-11-8-12-16-27/h7-23,36H,5-6,24H2,1-4H3/b33-22-/t36-/m1/s1. The highest BCUT2D eigenvalue weighted by atomic mass is 32.1. The Balaban J connectivity index is 1.51. The summed E-state index contributed by atoms with van der Waals surface area (Å²) in [4.78, 5) is 33.5. The van der Waals surface area contributed by atoms with Gasteiger partial charge in [0.15, 0.2) is 27.8 Å². The van der Waals surface area contributed by atoms with Crippen LogP contribution in [-0.2, 0) is 16.1 Å². The molecule has 2 heterocycles. The molecule has 0 aliphatic carbocycles. The first kappa shape index (κ1) is 33.3. The van der Waals surface area contributed by atoms with Crippen LogP contribution in [0, 0.1) is 0 Å². The molecule has 6 rings (SSSR count). The number of fused-ring (bicyclic) bond motifs is 1. The van der Waals surface area contributed by atoms with E-state index in [0.717, 1.165) is 16.7 Å². The fraction of sp³-hybridized carbons (Fsp3) is 0.205. The molecule has 9 nitrogen and oxygen atoms in total. The highest BCUT2D eigenvalue weighted by Gasteiger charge is 2.35. The molecule has 0 bridgehead atoms. The highest BCUT2D eigenvalue weighted by Crippen LogP contribution is 2.38. The Morgan fingerprint density at radius 2 is 1.53 bits per heavy atom. The van der Waals surface area contributed by atoms with Crippen LogP contribution >= 0.6 is 11.3 Å². The third kappa shape index (κ3) is 7.00. The minimum Gasteiger partial charge on any atom is -0.493 e. The normalized spacial score (nSPS) is 14.1. The van der Waals surface area contributed by atoms with E-state index >= 15 is 0 Å². The molecule has 0 amide bonds. The monoisotopic (exact) mass is 676 g/mol. The molecule has 49 heavy (non-hydrogen) atoms. The summed E-state index contributed by atoms with van der Waals surface area (Å²) in [7, 11) is 3.09. The molecule has 0 radical (unpaired) electrons. The number of hydrogen-bond acceptors (Lipinski definition) is 9. The van der Waals surface area contributed by atoms with E-state index in [2.05, 4.69) is 0 Å². The van der Waals surface area contributed by atoms with Crippen LogP contribution < -0.4 is 33.8 Å². The van der Waals surface area contributed by atoms with E-state index in [1.165, 1.54) is 11.3 Å². The minimum absolute atomic E-state index is 0.153. The Morgan fingerprint density at radius 3 is 2.22 bits per heavy atom. The van der Waals surface area contributed by atoms with E-state index in [9.17, 15) is 9.59 Å². The van der Waals surface area contributed by atoms with Crippen LogP contribution in [0.25, 0.3) is 11.8 Å². The zero-order valence-corrected chi connectivity index (χ0v) is 28.5. The summed E-state index contributed by atoms with van der Waals surface area (Å²) < 4.78 is 30.7. The van der Waals surface area contributed by atoms with Crippen LogP contribution in [0.1, 0.15) is 42.1 Å². The third-order valence-electron chi connectivity index (χ3n) is 7.90. The number of hydrogen-bond donors (Lipinski definition) is 0. The molecule has 0 saturated heterocycles. The Kier molecular flexibility index (Phi) is 10.2. The van der Waals surface area contributed by atoms with E-state index in [1.54, 1.807) is 43.9 Å². The number of nitrogens with zero attached hydrogens (tertiary/aromatic N) is 2. The molecule has 1 aliphatic heterocycles. The maximum absolute atomic E-state index is 14.4. The van der Waals surface area contributed by atoms with Gasteiger partial charge in [-0.2, -0.15) is 0 Å². The maximum atomic E-state index is 14.4. The maximum Gasteiger partial charge on any atom is 0.338 e. The van der Waals surface area contributed by atoms with Crippen molar-refractivity contribution in [1.82, 2.24) is 4.57 Å². The number of thiazole rings is 1. The van der Waals surface area contributed by atoms with Crippen LogP contribution in [0.3, 0.4) is 0 Å². The van der Waals surface area contributed by atoms with Gasteiger partial charge >= 0.3 is 5.97 Å². The quantitative estimate of drug-likeness (QED) is 0.151. The number of rotatable bonds is 12. The second-order valence-electron chi connectivity index (χ2n) is 11.0. The van der Waals surface area contributed by atoms with E-state index in [0.29, 0.717) is 56.8 Å². The molecule has 0 fully saturated rings. The first-order valence-electron chi connectivity index (χ1n) is 15.9. The molecule has 0 spiro atoms. The Labute approximate surface area is 288 Å². The van der Waals surface area contributed by atoms with E-state index in [1.807, 2.05) is 91.9 Å². The summed E-state index contributed by atoms with van der Waals surface area (Å²) in [6, 6.07) is 29.4. The molecule has 5 aromatic rings. The van der Waals surface area contributed by atoms with E-state index < -0.39 is 12.0 Å². The van der Waals surface area contributed by atoms with Crippen molar-refractivity contribution in [3.05, 3.63) is 145 Å². The number of ether oxygens (including phenoxy) is 5. The van der Waals surface area contributed by atoms with Crippen molar-refractivity contribution in [3.63, 3.8) is 0 Å².